The van der Waals surface area contributed by atoms with Crippen LogP contribution in [0.5, 0.6) is 0 Å². The van der Waals surface area contributed by atoms with Gasteiger partial charge in [-0.25, -0.2) is 0 Å². The van der Waals surface area contributed by atoms with Gasteiger partial charge in [0.05, 0.1) is 0 Å². The van der Waals surface area contributed by atoms with Crippen molar-refractivity contribution in [3.63, 3.8) is 0 Å². The third-order valence-electron chi connectivity index (χ3n) is 3.24. The van der Waals surface area contributed by atoms with Crippen LogP contribution in [-0.2, 0) is 0 Å². The second-order valence-electron chi connectivity index (χ2n) is 5.24. The first-order valence-corrected chi connectivity index (χ1v) is 6.73. The Morgan fingerprint density at radius 3 is 2.28 bits per heavy atom. The summed E-state index contributed by atoms with van der Waals surface area (Å²) in [7, 11) is 4.23. The van der Waals surface area contributed by atoms with Crippen LogP contribution in [0.25, 0.3) is 0 Å². The van der Waals surface area contributed by atoms with Crippen LogP contribution in [0.15, 0.2) is 24.3 Å². The predicted octanol–water partition coefficient (Wildman–Crippen LogP) is 2.48. The predicted molar refractivity (Wildman–Crippen MR) is 80.1 cm³/mol. The number of para-hydroxylation sites is 1. The van der Waals surface area contributed by atoms with E-state index in [0.717, 1.165) is 13.1 Å². The summed E-state index contributed by atoms with van der Waals surface area (Å²) < 4.78 is 0. The van der Waals surface area contributed by atoms with Crippen molar-refractivity contribution >= 4 is 5.69 Å². The number of likely N-dealkylation sites (N-methyl/N-ethyl adjacent to an activating group) is 2. The molecule has 1 aromatic rings. The van der Waals surface area contributed by atoms with Gasteiger partial charge in [-0.15, -0.1) is 0 Å². The quantitative estimate of drug-likeness (QED) is 0.840. The summed E-state index contributed by atoms with van der Waals surface area (Å²) in [5.74, 6) is 0. The van der Waals surface area contributed by atoms with E-state index in [2.05, 4.69) is 62.0 Å². The van der Waals surface area contributed by atoms with Gasteiger partial charge in [0.1, 0.15) is 0 Å². The summed E-state index contributed by atoms with van der Waals surface area (Å²) in [6, 6.07) is 9.00. The zero-order chi connectivity index (χ0) is 13.7. The summed E-state index contributed by atoms with van der Waals surface area (Å²) in [4.78, 5) is 4.65. The van der Waals surface area contributed by atoms with Crippen LogP contribution in [-0.4, -0.2) is 38.1 Å². The molecule has 102 valence electrons. The van der Waals surface area contributed by atoms with E-state index in [1.54, 1.807) is 0 Å². The maximum Gasteiger partial charge on any atom is 0.0417 e. The first-order valence-electron chi connectivity index (χ1n) is 6.73. The van der Waals surface area contributed by atoms with Gasteiger partial charge in [-0.1, -0.05) is 18.2 Å². The molecule has 0 saturated heterocycles. The highest BCUT2D eigenvalue weighted by molar-refractivity contribution is 5.55. The monoisotopic (exact) mass is 249 g/mol. The van der Waals surface area contributed by atoms with Gasteiger partial charge in [0.15, 0.2) is 0 Å². The lowest BCUT2D eigenvalue weighted by Crippen LogP contribution is -2.40. The minimum atomic E-state index is 0.0711. The molecule has 0 aliphatic heterocycles. The molecule has 3 heteroatoms. The molecule has 2 atom stereocenters. The number of anilines is 1. The first-order chi connectivity index (χ1) is 8.47. The smallest absolute Gasteiger partial charge is 0.0417 e. The molecule has 0 aliphatic carbocycles. The topological polar surface area (TPSA) is 32.5 Å². The van der Waals surface area contributed by atoms with Crippen LogP contribution in [0.2, 0.25) is 0 Å². The van der Waals surface area contributed by atoms with Crippen LogP contribution in [0, 0.1) is 0 Å². The maximum atomic E-state index is 6.07. The highest BCUT2D eigenvalue weighted by Crippen LogP contribution is 2.26. The average Bonchev–Trinajstić information content (AvgIpc) is 2.29. The Labute approximate surface area is 112 Å². The molecule has 1 rings (SSSR count). The molecule has 0 fully saturated rings. The number of nitrogens with two attached hydrogens (primary N) is 1. The van der Waals surface area contributed by atoms with Crippen LogP contribution in [0.3, 0.4) is 0 Å². The van der Waals surface area contributed by atoms with Crippen LogP contribution in [0.1, 0.15) is 32.4 Å². The molecule has 3 nitrogen and oxygen atoms in total. The number of rotatable bonds is 6. The van der Waals surface area contributed by atoms with E-state index in [9.17, 15) is 0 Å². The fourth-order valence-corrected chi connectivity index (χ4v) is 2.48. The average molecular weight is 249 g/mol. The van der Waals surface area contributed by atoms with Gasteiger partial charge in [-0.3, -0.25) is 0 Å². The Bertz CT molecular complexity index is 361. The van der Waals surface area contributed by atoms with Gasteiger partial charge in [-0.05, 0) is 46.5 Å². The van der Waals surface area contributed by atoms with Crippen molar-refractivity contribution in [1.29, 1.82) is 0 Å². The van der Waals surface area contributed by atoms with Crippen LogP contribution < -0.4 is 10.6 Å². The summed E-state index contributed by atoms with van der Waals surface area (Å²) in [6.45, 7) is 8.55. The van der Waals surface area contributed by atoms with E-state index in [1.807, 2.05) is 6.92 Å². The van der Waals surface area contributed by atoms with Crippen molar-refractivity contribution in [3.8, 4) is 0 Å². The third-order valence-corrected chi connectivity index (χ3v) is 3.24. The minimum Gasteiger partial charge on any atom is -0.368 e. The van der Waals surface area contributed by atoms with Gasteiger partial charge in [0, 0.05) is 30.9 Å². The maximum absolute atomic E-state index is 6.07. The zero-order valence-electron chi connectivity index (χ0n) is 12.4. The Balaban J connectivity index is 3.01. The van der Waals surface area contributed by atoms with E-state index in [4.69, 9.17) is 5.73 Å². The Morgan fingerprint density at radius 1 is 1.17 bits per heavy atom. The van der Waals surface area contributed by atoms with Crippen molar-refractivity contribution in [2.75, 3.05) is 32.1 Å². The summed E-state index contributed by atoms with van der Waals surface area (Å²) in [6.07, 6.45) is 0. The SMILES string of the molecule is CCN(c1ccccc1[C@H](C)N)C(C)CN(C)C. The van der Waals surface area contributed by atoms with Gasteiger partial charge in [0.2, 0.25) is 0 Å². The van der Waals surface area contributed by atoms with E-state index >= 15 is 0 Å². The van der Waals surface area contributed by atoms with Crippen LogP contribution >= 0.6 is 0 Å². The van der Waals surface area contributed by atoms with Gasteiger partial charge >= 0.3 is 0 Å². The molecule has 0 radical (unpaired) electrons. The molecule has 0 spiro atoms. The van der Waals surface area contributed by atoms with Gasteiger partial charge in [-0.2, -0.15) is 0 Å². The number of nitrogens with zero attached hydrogens (tertiary/aromatic N) is 2. The highest BCUT2D eigenvalue weighted by Gasteiger charge is 2.17. The fourth-order valence-electron chi connectivity index (χ4n) is 2.48. The lowest BCUT2D eigenvalue weighted by Gasteiger charge is -2.34. The van der Waals surface area contributed by atoms with Crippen molar-refractivity contribution in [1.82, 2.24) is 4.90 Å². The lowest BCUT2D eigenvalue weighted by atomic mass is 10.0. The summed E-state index contributed by atoms with van der Waals surface area (Å²) >= 11 is 0. The molecule has 0 bridgehead atoms. The second-order valence-corrected chi connectivity index (χ2v) is 5.24. The number of hydrogen-bond donors (Lipinski definition) is 1. The van der Waals surface area contributed by atoms with Crippen molar-refractivity contribution in [3.05, 3.63) is 29.8 Å². The van der Waals surface area contributed by atoms with Crippen LogP contribution in [0.4, 0.5) is 5.69 Å². The minimum absolute atomic E-state index is 0.0711. The molecule has 1 unspecified atom stereocenters. The number of hydrogen-bond acceptors (Lipinski definition) is 3. The van der Waals surface area contributed by atoms with Crippen molar-refractivity contribution in [2.45, 2.75) is 32.9 Å². The largest absolute Gasteiger partial charge is 0.368 e. The third kappa shape index (κ3) is 3.72. The Hall–Kier alpha value is -1.06. The standard InChI is InChI=1S/C15H27N3/c1-6-18(12(2)11-17(4)5)15-10-8-7-9-14(15)13(3)16/h7-10,12-13H,6,11,16H2,1-5H3/t12?,13-/m0/s1. The molecule has 0 saturated carbocycles. The Morgan fingerprint density at radius 2 is 1.78 bits per heavy atom. The number of benzene rings is 1. The highest BCUT2D eigenvalue weighted by atomic mass is 15.2. The molecule has 1 aromatic carbocycles. The lowest BCUT2D eigenvalue weighted by molar-refractivity contribution is 0.372. The molecule has 0 amide bonds. The molecule has 0 aromatic heterocycles. The van der Waals surface area contributed by atoms with Gasteiger partial charge < -0.3 is 15.5 Å². The molecule has 0 heterocycles. The van der Waals surface area contributed by atoms with Crippen molar-refractivity contribution < 1.29 is 0 Å². The molecule has 2 N–H and O–H groups in total. The van der Waals surface area contributed by atoms with E-state index in [-0.39, 0.29) is 6.04 Å². The second kappa shape index (κ2) is 6.76. The Kier molecular flexibility index (Phi) is 5.63. The molecule has 18 heavy (non-hydrogen) atoms. The van der Waals surface area contributed by atoms with E-state index in [0.29, 0.717) is 6.04 Å². The van der Waals surface area contributed by atoms with Crippen molar-refractivity contribution in [2.24, 2.45) is 5.73 Å². The summed E-state index contributed by atoms with van der Waals surface area (Å²) in [5.41, 5.74) is 8.57. The molecular weight excluding hydrogens is 222 g/mol. The fraction of sp³-hybridized carbons (Fsp3) is 0.600. The molecular formula is C15H27N3. The summed E-state index contributed by atoms with van der Waals surface area (Å²) in [5, 5.41) is 0. The molecule has 0 aliphatic rings. The van der Waals surface area contributed by atoms with E-state index in [1.165, 1.54) is 11.3 Å². The van der Waals surface area contributed by atoms with Gasteiger partial charge in [0.25, 0.3) is 0 Å². The normalized spacial score (nSPS) is 14.6. The van der Waals surface area contributed by atoms with E-state index < -0.39 is 0 Å². The zero-order valence-corrected chi connectivity index (χ0v) is 12.4. The first kappa shape index (κ1) is 15.0.